The van der Waals surface area contributed by atoms with Gasteiger partial charge in [-0.3, -0.25) is 0 Å². The van der Waals surface area contributed by atoms with E-state index in [1.54, 1.807) is 28.6 Å². The van der Waals surface area contributed by atoms with E-state index in [2.05, 4.69) is 4.90 Å². The number of piperidine rings is 1. The van der Waals surface area contributed by atoms with Crippen LogP contribution in [0.2, 0.25) is 5.02 Å². The summed E-state index contributed by atoms with van der Waals surface area (Å²) in [6.07, 6.45) is 7.10. The van der Waals surface area contributed by atoms with Crippen molar-refractivity contribution in [3.63, 3.8) is 0 Å². The third kappa shape index (κ3) is 6.95. The third-order valence-corrected chi connectivity index (χ3v) is 7.38. The second kappa shape index (κ2) is 10.9. The first-order valence-electron chi connectivity index (χ1n) is 9.68. The number of benzene rings is 1. The minimum absolute atomic E-state index is 0.343. The number of nitrogens with zero attached hydrogens (tertiary/aromatic N) is 2. The molecule has 2 aliphatic rings. The Bertz CT molecular complexity index is 771. The number of aliphatic carboxylic acids is 2. The third-order valence-electron chi connectivity index (χ3n) is 5.21. The van der Waals surface area contributed by atoms with E-state index >= 15 is 0 Å². The van der Waals surface area contributed by atoms with Gasteiger partial charge < -0.3 is 15.1 Å². The number of carboxylic acid groups (broad SMARTS) is 2. The average molecular weight is 447 g/mol. The van der Waals surface area contributed by atoms with Crippen molar-refractivity contribution < 1.29 is 28.2 Å². The number of carbonyl (C=O) groups is 2. The van der Waals surface area contributed by atoms with Gasteiger partial charge in [-0.25, -0.2) is 18.0 Å². The van der Waals surface area contributed by atoms with Crippen LogP contribution in [0.5, 0.6) is 0 Å². The molecule has 0 spiro atoms. The van der Waals surface area contributed by atoms with E-state index < -0.39 is 22.0 Å². The Morgan fingerprint density at radius 1 is 0.862 bits per heavy atom. The maximum atomic E-state index is 12.7. The van der Waals surface area contributed by atoms with Crippen molar-refractivity contribution in [2.24, 2.45) is 0 Å². The van der Waals surface area contributed by atoms with Gasteiger partial charge in [0, 0.05) is 24.2 Å². The Labute approximate surface area is 176 Å². The fourth-order valence-corrected chi connectivity index (χ4v) is 5.26. The quantitative estimate of drug-likeness (QED) is 0.685. The fourth-order valence-electron chi connectivity index (χ4n) is 3.66. The van der Waals surface area contributed by atoms with Gasteiger partial charge in [-0.05, 0) is 63.0 Å². The van der Waals surface area contributed by atoms with Crippen molar-refractivity contribution in [3.05, 3.63) is 29.3 Å². The van der Waals surface area contributed by atoms with Crippen molar-refractivity contribution in [2.45, 2.75) is 49.5 Å². The maximum absolute atomic E-state index is 12.7. The van der Waals surface area contributed by atoms with Crippen LogP contribution in [0, 0.1) is 0 Å². The Morgan fingerprint density at radius 2 is 1.34 bits per heavy atom. The Hall–Kier alpha value is -1.68. The van der Waals surface area contributed by atoms with E-state index in [0.717, 1.165) is 12.8 Å². The van der Waals surface area contributed by atoms with Crippen LogP contribution in [-0.2, 0) is 19.6 Å². The molecule has 10 heteroatoms. The zero-order chi connectivity index (χ0) is 21.4. The lowest BCUT2D eigenvalue weighted by Gasteiger charge is -2.37. The van der Waals surface area contributed by atoms with Gasteiger partial charge in [0.05, 0.1) is 4.90 Å². The van der Waals surface area contributed by atoms with Crippen LogP contribution in [0.1, 0.15) is 38.5 Å². The van der Waals surface area contributed by atoms with Gasteiger partial charge in [-0.15, -0.1) is 0 Å². The predicted octanol–water partition coefficient (Wildman–Crippen LogP) is 2.52. The number of hydrogen-bond donors (Lipinski definition) is 2. The SMILES string of the molecule is O=C(O)C(=O)O.O=S(=O)(c1ccc(Cl)cc1)N1CCC(N2CCCCCC2)CC1. The second-order valence-electron chi connectivity index (χ2n) is 7.15. The molecule has 0 atom stereocenters. The minimum Gasteiger partial charge on any atom is -0.473 e. The number of halogens is 1. The molecule has 8 nitrogen and oxygen atoms in total. The van der Waals surface area contributed by atoms with Crippen LogP contribution in [0.4, 0.5) is 0 Å². The van der Waals surface area contributed by atoms with Crippen molar-refractivity contribution in [1.29, 1.82) is 0 Å². The molecule has 2 N–H and O–H groups in total. The summed E-state index contributed by atoms with van der Waals surface area (Å²) in [6.45, 7) is 3.58. The Balaban J connectivity index is 0.000000438. The molecule has 29 heavy (non-hydrogen) atoms. The van der Waals surface area contributed by atoms with E-state index in [1.807, 2.05) is 0 Å². The van der Waals surface area contributed by atoms with E-state index in [4.69, 9.17) is 31.4 Å². The zero-order valence-corrected chi connectivity index (χ0v) is 17.7. The van der Waals surface area contributed by atoms with E-state index in [-0.39, 0.29) is 0 Å². The summed E-state index contributed by atoms with van der Waals surface area (Å²) in [4.78, 5) is 21.1. The van der Waals surface area contributed by atoms with Crippen LogP contribution in [0.25, 0.3) is 0 Å². The van der Waals surface area contributed by atoms with Crippen LogP contribution in [-0.4, -0.2) is 72.0 Å². The molecule has 2 saturated heterocycles. The zero-order valence-electron chi connectivity index (χ0n) is 16.2. The highest BCUT2D eigenvalue weighted by molar-refractivity contribution is 7.89. The van der Waals surface area contributed by atoms with Crippen molar-refractivity contribution in [1.82, 2.24) is 9.21 Å². The molecule has 0 amide bonds. The molecule has 0 saturated carbocycles. The molecule has 0 bridgehead atoms. The highest BCUT2D eigenvalue weighted by atomic mass is 35.5. The molecule has 0 unspecified atom stereocenters. The van der Waals surface area contributed by atoms with E-state index in [1.165, 1.54) is 38.8 Å². The highest BCUT2D eigenvalue weighted by Gasteiger charge is 2.31. The van der Waals surface area contributed by atoms with Gasteiger partial charge >= 0.3 is 11.9 Å². The van der Waals surface area contributed by atoms with Crippen molar-refractivity contribution in [3.8, 4) is 0 Å². The summed E-state index contributed by atoms with van der Waals surface area (Å²) in [6, 6.07) is 7.01. The normalized spacial score (nSPS) is 19.6. The van der Waals surface area contributed by atoms with Gasteiger partial charge in [-0.1, -0.05) is 24.4 Å². The molecule has 2 fully saturated rings. The van der Waals surface area contributed by atoms with Gasteiger partial charge in [0.1, 0.15) is 0 Å². The van der Waals surface area contributed by atoms with Crippen LogP contribution < -0.4 is 0 Å². The van der Waals surface area contributed by atoms with E-state index in [0.29, 0.717) is 29.0 Å². The van der Waals surface area contributed by atoms with Crippen LogP contribution in [0.15, 0.2) is 29.2 Å². The summed E-state index contributed by atoms with van der Waals surface area (Å²) in [5.41, 5.74) is 0. The summed E-state index contributed by atoms with van der Waals surface area (Å²) >= 11 is 5.85. The van der Waals surface area contributed by atoms with Gasteiger partial charge in [0.2, 0.25) is 10.0 Å². The molecule has 162 valence electrons. The lowest BCUT2D eigenvalue weighted by atomic mass is 10.0. The molecule has 2 aliphatic heterocycles. The molecule has 0 aromatic heterocycles. The lowest BCUT2D eigenvalue weighted by molar-refractivity contribution is -0.159. The summed E-state index contributed by atoms with van der Waals surface area (Å²) in [7, 11) is -3.38. The highest BCUT2D eigenvalue weighted by Crippen LogP contribution is 2.25. The first-order valence-corrected chi connectivity index (χ1v) is 11.5. The molecule has 1 aromatic rings. The molecule has 3 rings (SSSR count). The standard InChI is InChI=1S/C17H25ClN2O2S.C2H2O4/c18-15-5-7-17(8-6-15)23(21,22)20-13-9-16(10-14-20)19-11-3-1-2-4-12-19;3-1(4)2(5)6/h5-8,16H,1-4,9-14H2;(H,3,4)(H,5,6). The van der Waals surface area contributed by atoms with Gasteiger partial charge in [0.25, 0.3) is 0 Å². The average Bonchev–Trinajstić information content (AvgIpc) is 2.98. The molecule has 0 radical (unpaired) electrons. The first kappa shape index (κ1) is 23.6. The number of carboxylic acids is 2. The minimum atomic E-state index is -3.38. The summed E-state index contributed by atoms with van der Waals surface area (Å²) in [5, 5.41) is 15.3. The van der Waals surface area contributed by atoms with Gasteiger partial charge in [0.15, 0.2) is 0 Å². The van der Waals surface area contributed by atoms with Crippen molar-refractivity contribution >= 4 is 33.6 Å². The largest absolute Gasteiger partial charge is 0.473 e. The Morgan fingerprint density at radius 3 is 1.79 bits per heavy atom. The fraction of sp³-hybridized carbons (Fsp3) is 0.579. The molecule has 1 aromatic carbocycles. The summed E-state index contributed by atoms with van der Waals surface area (Å²) < 4.78 is 27.0. The topological polar surface area (TPSA) is 115 Å². The molecular formula is C19H27ClN2O6S. The summed E-state index contributed by atoms with van der Waals surface area (Å²) in [5.74, 6) is -3.65. The molecule has 2 heterocycles. The van der Waals surface area contributed by atoms with Crippen LogP contribution >= 0.6 is 11.6 Å². The second-order valence-corrected chi connectivity index (χ2v) is 9.52. The number of hydrogen-bond acceptors (Lipinski definition) is 5. The number of rotatable bonds is 3. The number of sulfonamides is 1. The Kier molecular flexibility index (Phi) is 8.88. The first-order chi connectivity index (χ1) is 13.7. The molecular weight excluding hydrogens is 420 g/mol. The van der Waals surface area contributed by atoms with Crippen molar-refractivity contribution in [2.75, 3.05) is 26.2 Å². The van der Waals surface area contributed by atoms with E-state index in [9.17, 15) is 8.42 Å². The molecule has 0 aliphatic carbocycles. The smallest absolute Gasteiger partial charge is 0.414 e. The van der Waals surface area contributed by atoms with Gasteiger partial charge in [-0.2, -0.15) is 4.31 Å². The number of likely N-dealkylation sites (tertiary alicyclic amines) is 1. The monoisotopic (exact) mass is 446 g/mol. The maximum Gasteiger partial charge on any atom is 0.414 e. The van der Waals surface area contributed by atoms with Crippen LogP contribution in [0.3, 0.4) is 0 Å². The predicted molar refractivity (Wildman–Crippen MR) is 109 cm³/mol. The lowest BCUT2D eigenvalue weighted by Crippen LogP contribution is -2.46.